The van der Waals surface area contributed by atoms with Crippen molar-refractivity contribution in [2.45, 2.75) is 5.41 Å². The molecular weight excluding hydrogens is 815 g/mol. The number of hydrogen-bond acceptors (Lipinski definition) is 5. The zero-order valence-corrected chi connectivity index (χ0v) is 36.3. The number of benzene rings is 9. The van der Waals surface area contributed by atoms with Crippen LogP contribution in [0.15, 0.2) is 237 Å². The van der Waals surface area contributed by atoms with Crippen molar-refractivity contribution in [2.75, 3.05) is 0 Å². The van der Waals surface area contributed by atoms with Crippen molar-refractivity contribution in [2.24, 2.45) is 0 Å². The highest BCUT2D eigenvalue weighted by atomic mass is 15.0. The Hall–Kier alpha value is -8.93. The third-order valence-electron chi connectivity index (χ3n) is 13.4. The predicted molar refractivity (Wildman–Crippen MR) is 270 cm³/mol. The summed E-state index contributed by atoms with van der Waals surface area (Å²) in [6.07, 6.45) is 0. The average Bonchev–Trinajstić information content (AvgIpc) is 3.88. The molecule has 0 bridgehead atoms. The molecule has 312 valence electrons. The van der Waals surface area contributed by atoms with Crippen LogP contribution < -0.4 is 0 Å². The molecule has 1 spiro atoms. The Morgan fingerprint density at radius 2 is 0.567 bits per heavy atom. The Morgan fingerprint density at radius 3 is 1.12 bits per heavy atom. The van der Waals surface area contributed by atoms with E-state index in [0.717, 1.165) is 55.9 Å². The third kappa shape index (κ3) is 6.35. The Kier molecular flexibility index (Phi) is 9.00. The Morgan fingerprint density at radius 1 is 0.209 bits per heavy atom. The molecule has 0 atom stereocenters. The minimum absolute atomic E-state index is 0.412. The van der Waals surface area contributed by atoms with Gasteiger partial charge in [-0.05, 0) is 79.9 Å². The summed E-state index contributed by atoms with van der Waals surface area (Å²) in [5.41, 5.74) is 19.4. The summed E-state index contributed by atoms with van der Waals surface area (Å²) in [5, 5.41) is 0. The van der Waals surface area contributed by atoms with E-state index in [4.69, 9.17) is 24.9 Å². The van der Waals surface area contributed by atoms with Gasteiger partial charge in [0.15, 0.2) is 23.3 Å². The van der Waals surface area contributed by atoms with Crippen molar-refractivity contribution in [3.63, 3.8) is 0 Å². The van der Waals surface area contributed by atoms with Gasteiger partial charge < -0.3 is 0 Å². The predicted octanol–water partition coefficient (Wildman–Crippen LogP) is 14.7. The maximum atomic E-state index is 5.38. The fourth-order valence-corrected chi connectivity index (χ4v) is 10.4. The number of aromatic nitrogens is 5. The van der Waals surface area contributed by atoms with E-state index in [1.165, 1.54) is 44.5 Å². The minimum atomic E-state index is -0.412. The van der Waals surface area contributed by atoms with Gasteiger partial charge in [0.1, 0.15) is 0 Å². The van der Waals surface area contributed by atoms with Crippen molar-refractivity contribution >= 4 is 0 Å². The van der Waals surface area contributed by atoms with Gasteiger partial charge in [-0.3, -0.25) is 0 Å². The standard InChI is InChI=1S/C62H39N5/c1-4-18-40(19-5-1)56-39-57(45-26-16-24-43(36-45)44-25-17-27-46(37-44)61-66-58(41-20-6-2-7-21-41)65-59(67-61)42-22-8-3-9-23-42)64-60(63-56)47-34-35-55-51(38-47)50-30-12-15-33-54(50)62(55)52-31-13-10-28-48(52)49-29-11-14-32-53(49)62/h1-39H. The van der Waals surface area contributed by atoms with Gasteiger partial charge in [0.05, 0.1) is 16.8 Å². The second-order valence-electron chi connectivity index (χ2n) is 17.2. The molecule has 2 aromatic heterocycles. The molecule has 0 amide bonds. The van der Waals surface area contributed by atoms with Gasteiger partial charge in [-0.1, -0.05) is 212 Å². The van der Waals surface area contributed by atoms with E-state index in [0.29, 0.717) is 23.3 Å². The molecule has 5 heteroatoms. The number of hydrogen-bond donors (Lipinski definition) is 0. The summed E-state index contributed by atoms with van der Waals surface area (Å²) in [6, 6.07) is 83.3. The molecule has 9 aromatic carbocycles. The molecule has 0 N–H and O–H groups in total. The highest BCUT2D eigenvalue weighted by Crippen LogP contribution is 2.63. The molecule has 0 radical (unpaired) electrons. The van der Waals surface area contributed by atoms with Crippen LogP contribution in [0.2, 0.25) is 0 Å². The molecule has 11 aromatic rings. The van der Waals surface area contributed by atoms with E-state index in [-0.39, 0.29) is 0 Å². The monoisotopic (exact) mass is 853 g/mol. The lowest BCUT2D eigenvalue weighted by molar-refractivity contribution is 0.794. The highest BCUT2D eigenvalue weighted by Gasteiger charge is 2.51. The van der Waals surface area contributed by atoms with Crippen molar-refractivity contribution in [3.8, 4) is 101 Å². The Balaban J connectivity index is 0.921. The van der Waals surface area contributed by atoms with E-state index in [9.17, 15) is 0 Å². The smallest absolute Gasteiger partial charge is 0.164 e. The van der Waals surface area contributed by atoms with Crippen molar-refractivity contribution in [1.29, 1.82) is 0 Å². The molecule has 0 saturated heterocycles. The van der Waals surface area contributed by atoms with E-state index in [1.807, 2.05) is 66.7 Å². The highest BCUT2D eigenvalue weighted by molar-refractivity contribution is 5.96. The fourth-order valence-electron chi connectivity index (χ4n) is 10.4. The maximum Gasteiger partial charge on any atom is 0.164 e. The fraction of sp³-hybridized carbons (Fsp3) is 0.0161. The maximum absolute atomic E-state index is 5.38. The second kappa shape index (κ2) is 15.7. The van der Waals surface area contributed by atoms with Crippen LogP contribution >= 0.6 is 0 Å². The molecule has 2 heterocycles. The Bertz CT molecular complexity index is 3590. The second-order valence-corrected chi connectivity index (χ2v) is 17.2. The minimum Gasteiger partial charge on any atom is -0.228 e. The largest absolute Gasteiger partial charge is 0.228 e. The quantitative estimate of drug-likeness (QED) is 0.160. The average molecular weight is 854 g/mol. The lowest BCUT2D eigenvalue weighted by Crippen LogP contribution is -2.25. The van der Waals surface area contributed by atoms with Gasteiger partial charge in [-0.25, -0.2) is 24.9 Å². The number of rotatable bonds is 7. The van der Waals surface area contributed by atoms with E-state index in [2.05, 4.69) is 170 Å². The van der Waals surface area contributed by atoms with Gasteiger partial charge >= 0.3 is 0 Å². The SMILES string of the molecule is c1ccc(-c2cc(-c3cccc(-c4cccc(-c5nc(-c6ccccc6)nc(-c6ccccc6)n5)c4)c3)nc(-c3ccc4c(c3)-c3ccccc3C43c4ccccc4-c4ccccc43)n2)cc1. The molecule has 0 aliphatic heterocycles. The molecule has 67 heavy (non-hydrogen) atoms. The van der Waals surface area contributed by atoms with Crippen molar-refractivity contribution < 1.29 is 0 Å². The summed E-state index contributed by atoms with van der Waals surface area (Å²) in [5.74, 6) is 2.55. The zero-order valence-electron chi connectivity index (χ0n) is 36.3. The molecule has 13 rings (SSSR count). The molecule has 0 saturated carbocycles. The van der Waals surface area contributed by atoms with Crippen LogP contribution in [0.1, 0.15) is 22.3 Å². The summed E-state index contributed by atoms with van der Waals surface area (Å²) < 4.78 is 0. The summed E-state index contributed by atoms with van der Waals surface area (Å²) in [4.78, 5) is 25.6. The van der Waals surface area contributed by atoms with Gasteiger partial charge in [0, 0.05) is 33.4 Å². The van der Waals surface area contributed by atoms with Crippen LogP contribution in [0.4, 0.5) is 0 Å². The molecule has 2 aliphatic rings. The first-order chi connectivity index (χ1) is 33.2. The zero-order chi connectivity index (χ0) is 44.3. The summed E-state index contributed by atoms with van der Waals surface area (Å²) in [7, 11) is 0. The first kappa shape index (κ1) is 38.5. The number of fused-ring (bicyclic) bond motifs is 10. The first-order valence-electron chi connectivity index (χ1n) is 22.7. The summed E-state index contributed by atoms with van der Waals surface area (Å²) >= 11 is 0. The lowest BCUT2D eigenvalue weighted by atomic mass is 9.70. The van der Waals surface area contributed by atoms with Crippen LogP contribution in [-0.2, 0) is 5.41 Å². The normalized spacial score (nSPS) is 12.6. The van der Waals surface area contributed by atoms with Crippen LogP contribution in [0.25, 0.3) is 101 Å². The van der Waals surface area contributed by atoms with Crippen LogP contribution in [-0.4, -0.2) is 24.9 Å². The van der Waals surface area contributed by atoms with Gasteiger partial charge in [0.25, 0.3) is 0 Å². The first-order valence-corrected chi connectivity index (χ1v) is 22.7. The molecular formula is C62H39N5. The Labute approximate surface area is 388 Å². The molecule has 5 nitrogen and oxygen atoms in total. The summed E-state index contributed by atoms with van der Waals surface area (Å²) in [6.45, 7) is 0. The van der Waals surface area contributed by atoms with Crippen LogP contribution in [0, 0.1) is 0 Å². The van der Waals surface area contributed by atoms with E-state index in [1.54, 1.807) is 0 Å². The van der Waals surface area contributed by atoms with E-state index < -0.39 is 5.41 Å². The lowest BCUT2D eigenvalue weighted by Gasteiger charge is -2.30. The van der Waals surface area contributed by atoms with E-state index >= 15 is 0 Å². The molecule has 2 aliphatic carbocycles. The molecule has 0 unspecified atom stereocenters. The number of nitrogens with zero attached hydrogens (tertiary/aromatic N) is 5. The van der Waals surface area contributed by atoms with Gasteiger partial charge in [-0.2, -0.15) is 0 Å². The van der Waals surface area contributed by atoms with Crippen LogP contribution in [0.5, 0.6) is 0 Å². The molecule has 0 fully saturated rings. The van der Waals surface area contributed by atoms with Crippen LogP contribution in [0.3, 0.4) is 0 Å². The third-order valence-corrected chi connectivity index (χ3v) is 13.4. The topological polar surface area (TPSA) is 64.5 Å². The van der Waals surface area contributed by atoms with Gasteiger partial charge in [0.2, 0.25) is 0 Å². The van der Waals surface area contributed by atoms with Crippen molar-refractivity contribution in [3.05, 3.63) is 259 Å². The van der Waals surface area contributed by atoms with Crippen molar-refractivity contribution in [1.82, 2.24) is 24.9 Å². The van der Waals surface area contributed by atoms with Gasteiger partial charge in [-0.15, -0.1) is 0 Å².